The minimum Gasteiger partial charge on any atom is -0.376 e. The van der Waals surface area contributed by atoms with Crippen LogP contribution in [0.25, 0.3) is 0 Å². The van der Waals surface area contributed by atoms with Gasteiger partial charge < -0.3 is 4.74 Å². The molecule has 81 valence electrons. The third kappa shape index (κ3) is 11.0. The minimum atomic E-state index is 0. The summed E-state index contributed by atoms with van der Waals surface area (Å²) in [5.74, 6) is 0. The van der Waals surface area contributed by atoms with Crippen LogP contribution in [0.3, 0.4) is 0 Å². The van der Waals surface area contributed by atoms with E-state index in [1.54, 1.807) is 0 Å². The van der Waals surface area contributed by atoms with Gasteiger partial charge in [-0.25, -0.2) is 0 Å². The molecule has 0 saturated heterocycles. The van der Waals surface area contributed by atoms with Crippen molar-refractivity contribution in [2.45, 2.75) is 78.4 Å². The summed E-state index contributed by atoms with van der Waals surface area (Å²) in [4.78, 5) is 0. The molecule has 0 aliphatic heterocycles. The molecule has 0 amide bonds. The molecule has 2 atom stereocenters. The summed E-state index contributed by atoms with van der Waals surface area (Å²) >= 11 is 0. The smallest absolute Gasteiger partial charge is 0.0550 e. The predicted octanol–water partition coefficient (Wildman–Crippen LogP) is 3.78. The minimum absolute atomic E-state index is 0. The second-order valence-corrected chi connectivity index (χ2v) is 4.04. The molecule has 0 aliphatic rings. The van der Waals surface area contributed by atoms with Crippen LogP contribution in [0.5, 0.6) is 0 Å². The third-order valence-corrected chi connectivity index (χ3v) is 2.39. The molecule has 1 radical (unpaired) electrons. The van der Waals surface area contributed by atoms with Gasteiger partial charge in [0.05, 0.1) is 12.2 Å². The van der Waals surface area contributed by atoms with Crippen LogP contribution < -0.4 is 0 Å². The van der Waals surface area contributed by atoms with E-state index in [0.29, 0.717) is 12.2 Å². The largest absolute Gasteiger partial charge is 0.376 e. The van der Waals surface area contributed by atoms with Gasteiger partial charge in [-0.2, -0.15) is 0 Å². The SMILES string of the molecule is CCCCC(C)OC(C)CCCC.[Na]. The van der Waals surface area contributed by atoms with Crippen LogP contribution in [0.15, 0.2) is 0 Å². The average molecular weight is 209 g/mol. The van der Waals surface area contributed by atoms with Crippen molar-refractivity contribution in [2.75, 3.05) is 0 Å². The number of hydrogen-bond acceptors (Lipinski definition) is 1. The zero-order chi connectivity index (χ0) is 10.1. The van der Waals surface area contributed by atoms with Gasteiger partial charge in [0.2, 0.25) is 0 Å². The van der Waals surface area contributed by atoms with Crippen LogP contribution in [-0.2, 0) is 4.74 Å². The molecule has 2 heteroatoms. The summed E-state index contributed by atoms with van der Waals surface area (Å²) in [6.07, 6.45) is 8.47. The zero-order valence-corrected chi connectivity index (χ0v) is 12.8. The van der Waals surface area contributed by atoms with Crippen LogP contribution in [0.2, 0.25) is 0 Å². The van der Waals surface area contributed by atoms with Crippen molar-refractivity contribution in [3.8, 4) is 0 Å². The Labute approximate surface area is 112 Å². The van der Waals surface area contributed by atoms with Crippen molar-refractivity contribution in [3.63, 3.8) is 0 Å². The van der Waals surface area contributed by atoms with E-state index in [-0.39, 0.29) is 29.6 Å². The maximum atomic E-state index is 5.85. The molecular formula is C12H26NaO. The predicted molar refractivity (Wildman–Crippen MR) is 64.8 cm³/mol. The Morgan fingerprint density at radius 2 is 1.21 bits per heavy atom. The van der Waals surface area contributed by atoms with E-state index in [1.807, 2.05) is 0 Å². The number of unbranched alkanes of at least 4 members (excludes halogenated alkanes) is 2. The summed E-state index contributed by atoms with van der Waals surface area (Å²) in [5.41, 5.74) is 0. The van der Waals surface area contributed by atoms with Crippen LogP contribution >= 0.6 is 0 Å². The van der Waals surface area contributed by atoms with Gasteiger partial charge in [-0.05, 0) is 26.7 Å². The summed E-state index contributed by atoms with van der Waals surface area (Å²) < 4.78 is 5.85. The van der Waals surface area contributed by atoms with Crippen molar-refractivity contribution in [1.82, 2.24) is 0 Å². The van der Waals surface area contributed by atoms with Gasteiger partial charge in [0.15, 0.2) is 0 Å². The van der Waals surface area contributed by atoms with Gasteiger partial charge in [0.25, 0.3) is 0 Å². The van der Waals surface area contributed by atoms with Crippen molar-refractivity contribution in [1.29, 1.82) is 0 Å². The standard InChI is InChI=1S/C12H26O.Na/c1-5-7-9-11(3)13-12(4)10-8-6-2;/h11-12H,5-10H2,1-4H3;. The maximum Gasteiger partial charge on any atom is 0.0550 e. The summed E-state index contributed by atoms with van der Waals surface area (Å²) in [6.45, 7) is 8.84. The number of hydrogen-bond donors (Lipinski definition) is 0. The second-order valence-electron chi connectivity index (χ2n) is 4.04. The number of rotatable bonds is 8. The fourth-order valence-electron chi connectivity index (χ4n) is 1.52. The molecule has 0 N–H and O–H groups in total. The summed E-state index contributed by atoms with van der Waals surface area (Å²) in [6, 6.07) is 0. The van der Waals surface area contributed by atoms with E-state index < -0.39 is 0 Å². The Bertz CT molecular complexity index is 94.5. The molecule has 0 aromatic carbocycles. The maximum absolute atomic E-state index is 5.85. The Hall–Kier alpha value is 0.960. The summed E-state index contributed by atoms with van der Waals surface area (Å²) in [5, 5.41) is 0. The number of ether oxygens (including phenoxy) is 1. The molecule has 0 aliphatic carbocycles. The molecule has 0 aromatic rings. The Morgan fingerprint density at radius 3 is 1.50 bits per heavy atom. The van der Waals surface area contributed by atoms with Gasteiger partial charge in [0, 0.05) is 29.6 Å². The Kier molecular flexibility index (Phi) is 14.9. The fourth-order valence-corrected chi connectivity index (χ4v) is 1.52. The first-order valence-corrected chi connectivity index (χ1v) is 5.86. The first-order chi connectivity index (χ1) is 6.20. The van der Waals surface area contributed by atoms with Crippen molar-refractivity contribution in [2.24, 2.45) is 0 Å². The molecule has 0 aromatic heterocycles. The first-order valence-electron chi connectivity index (χ1n) is 5.86. The molecule has 0 spiro atoms. The van der Waals surface area contributed by atoms with E-state index in [9.17, 15) is 0 Å². The fraction of sp³-hybridized carbons (Fsp3) is 1.00. The van der Waals surface area contributed by atoms with Gasteiger partial charge in [-0.15, -0.1) is 0 Å². The Morgan fingerprint density at radius 1 is 0.857 bits per heavy atom. The molecule has 0 fully saturated rings. The van der Waals surface area contributed by atoms with E-state index >= 15 is 0 Å². The molecule has 0 heterocycles. The Balaban J connectivity index is 0. The van der Waals surface area contributed by atoms with E-state index in [0.717, 1.165) is 0 Å². The van der Waals surface area contributed by atoms with Gasteiger partial charge in [-0.1, -0.05) is 39.5 Å². The summed E-state index contributed by atoms with van der Waals surface area (Å²) in [7, 11) is 0. The zero-order valence-electron chi connectivity index (χ0n) is 10.8. The van der Waals surface area contributed by atoms with Crippen molar-refractivity contribution in [3.05, 3.63) is 0 Å². The van der Waals surface area contributed by atoms with Gasteiger partial charge >= 0.3 is 0 Å². The molecule has 1 nitrogen and oxygen atoms in total. The molecule has 0 saturated carbocycles. The van der Waals surface area contributed by atoms with Crippen LogP contribution in [-0.4, -0.2) is 41.8 Å². The third-order valence-electron chi connectivity index (χ3n) is 2.39. The molecule has 0 bridgehead atoms. The van der Waals surface area contributed by atoms with Crippen LogP contribution in [0, 0.1) is 0 Å². The van der Waals surface area contributed by atoms with Crippen molar-refractivity contribution < 1.29 is 4.74 Å². The van der Waals surface area contributed by atoms with E-state index in [4.69, 9.17) is 4.74 Å². The van der Waals surface area contributed by atoms with Gasteiger partial charge in [-0.3, -0.25) is 0 Å². The van der Waals surface area contributed by atoms with Gasteiger partial charge in [0.1, 0.15) is 0 Å². The first kappa shape index (κ1) is 17.4. The normalized spacial score (nSPS) is 14.6. The molecule has 0 rings (SSSR count). The van der Waals surface area contributed by atoms with E-state index in [1.165, 1.54) is 38.5 Å². The topological polar surface area (TPSA) is 9.23 Å². The second kappa shape index (κ2) is 12.0. The van der Waals surface area contributed by atoms with Crippen molar-refractivity contribution >= 4 is 29.6 Å². The monoisotopic (exact) mass is 209 g/mol. The average Bonchev–Trinajstić information content (AvgIpc) is 2.11. The molecule has 2 unspecified atom stereocenters. The van der Waals surface area contributed by atoms with E-state index in [2.05, 4.69) is 27.7 Å². The quantitative estimate of drug-likeness (QED) is 0.553. The molecule has 14 heavy (non-hydrogen) atoms. The molecular weight excluding hydrogens is 183 g/mol. The van der Waals surface area contributed by atoms with Crippen LogP contribution in [0.4, 0.5) is 0 Å². The van der Waals surface area contributed by atoms with Crippen LogP contribution in [0.1, 0.15) is 66.2 Å².